The molecule has 3 N–H and O–H groups in total. The van der Waals surface area contributed by atoms with Gasteiger partial charge < -0.3 is 11.1 Å². The van der Waals surface area contributed by atoms with E-state index in [-0.39, 0.29) is 5.91 Å². The van der Waals surface area contributed by atoms with Crippen molar-refractivity contribution in [3.63, 3.8) is 0 Å². The normalized spacial score (nSPS) is 10.2. The van der Waals surface area contributed by atoms with Gasteiger partial charge in [0.2, 0.25) is 0 Å². The molecule has 19 heavy (non-hydrogen) atoms. The molecule has 2 aromatic rings. The van der Waals surface area contributed by atoms with Crippen molar-refractivity contribution >= 4 is 11.6 Å². The maximum Gasteiger partial charge on any atom is 0.253 e. The number of anilines is 1. The van der Waals surface area contributed by atoms with Crippen LogP contribution in [0.3, 0.4) is 0 Å². The smallest absolute Gasteiger partial charge is 0.253 e. The zero-order valence-corrected chi connectivity index (χ0v) is 11.1. The third-order valence-corrected chi connectivity index (χ3v) is 2.88. The lowest BCUT2D eigenvalue weighted by molar-refractivity contribution is 0.0951. The van der Waals surface area contributed by atoms with Crippen molar-refractivity contribution in [2.24, 2.45) is 0 Å². The van der Waals surface area contributed by atoms with Crippen LogP contribution in [-0.4, -0.2) is 10.9 Å². The zero-order valence-electron chi connectivity index (χ0n) is 11.1. The Morgan fingerprint density at radius 3 is 2.74 bits per heavy atom. The number of nitrogen functional groups attached to an aromatic ring is 1. The van der Waals surface area contributed by atoms with Crippen molar-refractivity contribution < 1.29 is 4.79 Å². The van der Waals surface area contributed by atoms with Crippen LogP contribution in [0.1, 0.15) is 27.2 Å². The number of aryl methyl sites for hydroxylation is 2. The number of benzene rings is 1. The summed E-state index contributed by atoms with van der Waals surface area (Å²) >= 11 is 0. The van der Waals surface area contributed by atoms with Gasteiger partial charge in [-0.15, -0.1) is 0 Å². The largest absolute Gasteiger partial charge is 0.398 e. The van der Waals surface area contributed by atoms with Gasteiger partial charge in [-0.1, -0.05) is 17.7 Å². The SMILES string of the molecule is Cc1ccc(N)c(C(=O)NCc2ccc(C)nc2)c1. The van der Waals surface area contributed by atoms with Crippen molar-refractivity contribution in [2.45, 2.75) is 20.4 Å². The van der Waals surface area contributed by atoms with Gasteiger partial charge in [0.25, 0.3) is 5.91 Å². The molecule has 0 radical (unpaired) electrons. The van der Waals surface area contributed by atoms with Crippen molar-refractivity contribution in [1.82, 2.24) is 10.3 Å². The maximum absolute atomic E-state index is 12.0. The number of nitrogens with one attached hydrogen (secondary N) is 1. The first kappa shape index (κ1) is 13.1. The minimum atomic E-state index is -0.165. The molecule has 0 saturated carbocycles. The van der Waals surface area contributed by atoms with E-state index in [0.29, 0.717) is 17.8 Å². The molecule has 0 atom stereocenters. The molecular weight excluding hydrogens is 238 g/mol. The molecule has 2 rings (SSSR count). The molecule has 4 heteroatoms. The van der Waals surface area contributed by atoms with Crippen LogP contribution in [0.4, 0.5) is 5.69 Å². The lowest BCUT2D eigenvalue weighted by atomic mass is 10.1. The fourth-order valence-electron chi connectivity index (χ4n) is 1.75. The molecule has 0 aliphatic heterocycles. The molecule has 0 spiro atoms. The summed E-state index contributed by atoms with van der Waals surface area (Å²) in [6, 6.07) is 9.29. The average molecular weight is 255 g/mol. The van der Waals surface area contributed by atoms with Crippen molar-refractivity contribution in [3.05, 3.63) is 58.9 Å². The summed E-state index contributed by atoms with van der Waals surface area (Å²) in [6.45, 7) is 4.30. The predicted octanol–water partition coefficient (Wildman–Crippen LogP) is 2.21. The van der Waals surface area contributed by atoms with E-state index in [0.717, 1.165) is 16.8 Å². The summed E-state index contributed by atoms with van der Waals surface area (Å²) in [7, 11) is 0. The quantitative estimate of drug-likeness (QED) is 0.826. The summed E-state index contributed by atoms with van der Waals surface area (Å²) in [6.07, 6.45) is 1.76. The number of rotatable bonds is 3. The number of carbonyl (C=O) groups is 1. The number of nitrogens with two attached hydrogens (primary N) is 1. The lowest BCUT2D eigenvalue weighted by Gasteiger charge is -2.08. The van der Waals surface area contributed by atoms with Crippen LogP contribution in [0.15, 0.2) is 36.5 Å². The molecule has 0 fully saturated rings. The highest BCUT2D eigenvalue weighted by Gasteiger charge is 2.09. The fourth-order valence-corrected chi connectivity index (χ4v) is 1.75. The van der Waals surface area contributed by atoms with Gasteiger partial charge >= 0.3 is 0 Å². The van der Waals surface area contributed by atoms with Gasteiger partial charge in [-0.3, -0.25) is 9.78 Å². The lowest BCUT2D eigenvalue weighted by Crippen LogP contribution is -2.24. The topological polar surface area (TPSA) is 68.0 Å². The number of pyridine rings is 1. The Bertz CT molecular complexity index is 591. The second-order valence-corrected chi connectivity index (χ2v) is 4.58. The highest BCUT2D eigenvalue weighted by atomic mass is 16.1. The summed E-state index contributed by atoms with van der Waals surface area (Å²) in [5.41, 5.74) is 9.74. The van der Waals surface area contributed by atoms with Gasteiger partial charge in [0.1, 0.15) is 0 Å². The highest BCUT2D eigenvalue weighted by Crippen LogP contribution is 2.13. The number of hydrogen-bond donors (Lipinski definition) is 2. The minimum Gasteiger partial charge on any atom is -0.398 e. The number of hydrogen-bond acceptors (Lipinski definition) is 3. The van der Waals surface area contributed by atoms with E-state index in [9.17, 15) is 4.79 Å². The number of aromatic nitrogens is 1. The average Bonchev–Trinajstić information content (AvgIpc) is 2.40. The van der Waals surface area contributed by atoms with Crippen molar-refractivity contribution in [1.29, 1.82) is 0 Å². The summed E-state index contributed by atoms with van der Waals surface area (Å²) < 4.78 is 0. The molecule has 0 bridgehead atoms. The van der Waals surface area contributed by atoms with Gasteiger partial charge in [-0.25, -0.2) is 0 Å². The maximum atomic E-state index is 12.0. The van der Waals surface area contributed by atoms with E-state index >= 15 is 0 Å². The van der Waals surface area contributed by atoms with Crippen LogP contribution in [0.25, 0.3) is 0 Å². The summed E-state index contributed by atoms with van der Waals surface area (Å²) in [5, 5.41) is 2.84. The molecule has 4 nitrogen and oxygen atoms in total. The first-order chi connectivity index (χ1) is 9.06. The number of carbonyl (C=O) groups excluding carboxylic acids is 1. The van der Waals surface area contributed by atoms with E-state index in [1.54, 1.807) is 18.3 Å². The van der Waals surface area contributed by atoms with Crippen molar-refractivity contribution in [3.8, 4) is 0 Å². The molecule has 1 heterocycles. The van der Waals surface area contributed by atoms with Gasteiger partial charge in [0.15, 0.2) is 0 Å². The van der Waals surface area contributed by atoms with E-state index in [4.69, 9.17) is 5.73 Å². The number of nitrogens with zero attached hydrogens (tertiary/aromatic N) is 1. The molecule has 0 saturated heterocycles. The molecule has 1 aromatic heterocycles. The number of amides is 1. The van der Waals surface area contributed by atoms with Gasteiger partial charge in [-0.2, -0.15) is 0 Å². The third-order valence-electron chi connectivity index (χ3n) is 2.88. The third kappa shape index (κ3) is 3.31. The monoisotopic (exact) mass is 255 g/mol. The Hall–Kier alpha value is -2.36. The molecule has 1 amide bonds. The molecule has 98 valence electrons. The zero-order chi connectivity index (χ0) is 13.8. The Balaban J connectivity index is 2.05. The highest BCUT2D eigenvalue weighted by molar-refractivity contribution is 5.99. The summed E-state index contributed by atoms with van der Waals surface area (Å²) in [5.74, 6) is -0.165. The van der Waals surface area contributed by atoms with Crippen molar-refractivity contribution in [2.75, 3.05) is 5.73 Å². The Kier molecular flexibility index (Phi) is 3.80. The Labute approximate surface area is 112 Å². The molecule has 0 aliphatic rings. The van der Waals surface area contributed by atoms with Gasteiger partial charge in [0.05, 0.1) is 5.56 Å². The molecule has 0 aliphatic carbocycles. The predicted molar refractivity (Wildman–Crippen MR) is 75.7 cm³/mol. The van der Waals surface area contributed by atoms with Crippen LogP contribution >= 0.6 is 0 Å². The molecule has 1 aromatic carbocycles. The standard InChI is InChI=1S/C15H17N3O/c1-10-3-6-14(16)13(7-10)15(19)18-9-12-5-4-11(2)17-8-12/h3-8H,9,16H2,1-2H3,(H,18,19). The summed E-state index contributed by atoms with van der Waals surface area (Å²) in [4.78, 5) is 16.2. The van der Waals surface area contributed by atoms with Crippen LogP contribution in [0.2, 0.25) is 0 Å². The first-order valence-electron chi connectivity index (χ1n) is 6.12. The molecule has 0 unspecified atom stereocenters. The Morgan fingerprint density at radius 2 is 2.05 bits per heavy atom. The van der Waals surface area contributed by atoms with E-state index in [2.05, 4.69) is 10.3 Å². The molecular formula is C15H17N3O. The van der Waals surface area contributed by atoms with E-state index < -0.39 is 0 Å². The second-order valence-electron chi connectivity index (χ2n) is 4.58. The Morgan fingerprint density at radius 1 is 1.26 bits per heavy atom. The van der Waals surface area contributed by atoms with E-state index in [1.165, 1.54) is 0 Å². The van der Waals surface area contributed by atoms with Gasteiger partial charge in [-0.05, 0) is 37.6 Å². The van der Waals surface area contributed by atoms with Crippen LogP contribution in [0.5, 0.6) is 0 Å². The van der Waals surface area contributed by atoms with Gasteiger partial charge in [0, 0.05) is 24.1 Å². The van der Waals surface area contributed by atoms with Crippen LogP contribution in [0, 0.1) is 13.8 Å². The second kappa shape index (κ2) is 5.52. The minimum absolute atomic E-state index is 0.165. The van der Waals surface area contributed by atoms with Crippen LogP contribution in [-0.2, 0) is 6.54 Å². The van der Waals surface area contributed by atoms with Crippen LogP contribution < -0.4 is 11.1 Å². The first-order valence-corrected chi connectivity index (χ1v) is 6.12. The van der Waals surface area contributed by atoms with E-state index in [1.807, 2.05) is 32.0 Å². The fraction of sp³-hybridized carbons (Fsp3) is 0.200.